The van der Waals surface area contributed by atoms with Crippen LogP contribution in [0, 0.1) is 0 Å². The van der Waals surface area contributed by atoms with Gasteiger partial charge in [-0.3, -0.25) is 9.48 Å². The summed E-state index contributed by atoms with van der Waals surface area (Å²) in [5.74, 6) is 0.813. The smallest absolute Gasteiger partial charge is 0.220 e. The van der Waals surface area contributed by atoms with Gasteiger partial charge in [-0.1, -0.05) is 0 Å². The van der Waals surface area contributed by atoms with Gasteiger partial charge in [-0.25, -0.2) is 0 Å². The molecule has 0 aliphatic carbocycles. The van der Waals surface area contributed by atoms with E-state index >= 15 is 0 Å². The van der Waals surface area contributed by atoms with E-state index in [-0.39, 0.29) is 11.9 Å². The normalized spacial score (nSPS) is 20.4. The Balaban J connectivity index is 1.88. The largest absolute Gasteiger partial charge is 0.487 e. The van der Waals surface area contributed by atoms with Crippen LogP contribution in [0.15, 0.2) is 10.8 Å². The molecule has 82 valence electrons. The van der Waals surface area contributed by atoms with Crippen LogP contribution in [0.1, 0.15) is 12.8 Å². The maximum absolute atomic E-state index is 10.9. The molecular weight excluding hydrogens is 262 g/mol. The number of nitrogens with one attached hydrogen (secondary N) is 1. The molecule has 0 saturated carbocycles. The van der Waals surface area contributed by atoms with E-state index in [1.807, 2.05) is 7.05 Å². The summed E-state index contributed by atoms with van der Waals surface area (Å²) in [7, 11) is 1.83. The van der Waals surface area contributed by atoms with Gasteiger partial charge in [0.05, 0.1) is 12.2 Å². The first-order valence-corrected chi connectivity index (χ1v) is 5.56. The predicted molar refractivity (Wildman–Crippen MR) is 57.6 cm³/mol. The van der Waals surface area contributed by atoms with Crippen LogP contribution in [0.2, 0.25) is 0 Å². The zero-order valence-corrected chi connectivity index (χ0v) is 9.95. The number of hydrogen-bond acceptors (Lipinski definition) is 3. The van der Waals surface area contributed by atoms with Crippen molar-refractivity contribution in [2.45, 2.75) is 18.9 Å². The molecule has 1 amide bonds. The van der Waals surface area contributed by atoms with Gasteiger partial charge in [-0.15, -0.1) is 0 Å². The van der Waals surface area contributed by atoms with Crippen molar-refractivity contribution in [3.8, 4) is 5.75 Å². The van der Waals surface area contributed by atoms with E-state index in [2.05, 4.69) is 26.3 Å². The molecule has 0 radical (unpaired) electrons. The van der Waals surface area contributed by atoms with Gasteiger partial charge in [0.15, 0.2) is 5.75 Å². The first-order valence-electron chi connectivity index (χ1n) is 4.76. The number of hydrogen-bond donors (Lipinski definition) is 1. The topological polar surface area (TPSA) is 56.2 Å². The molecule has 1 N–H and O–H groups in total. The molecular formula is C9H12BrN3O2. The van der Waals surface area contributed by atoms with Crippen molar-refractivity contribution in [2.75, 3.05) is 6.61 Å². The molecule has 2 rings (SSSR count). The fraction of sp³-hybridized carbons (Fsp3) is 0.556. The van der Waals surface area contributed by atoms with Crippen molar-refractivity contribution in [1.29, 1.82) is 0 Å². The van der Waals surface area contributed by atoms with E-state index in [9.17, 15) is 4.79 Å². The minimum atomic E-state index is 0.105. The van der Waals surface area contributed by atoms with Crippen LogP contribution >= 0.6 is 15.9 Å². The second-order valence-corrected chi connectivity index (χ2v) is 4.29. The molecule has 1 aliphatic rings. The van der Waals surface area contributed by atoms with Gasteiger partial charge in [-0.05, 0) is 22.4 Å². The third kappa shape index (κ3) is 2.31. The van der Waals surface area contributed by atoms with Crippen LogP contribution in [-0.2, 0) is 11.8 Å². The van der Waals surface area contributed by atoms with Crippen molar-refractivity contribution < 1.29 is 9.53 Å². The van der Waals surface area contributed by atoms with Gasteiger partial charge in [0, 0.05) is 13.5 Å². The Labute approximate surface area is 95.9 Å². The summed E-state index contributed by atoms with van der Waals surface area (Å²) < 4.78 is 8.04. The highest BCUT2D eigenvalue weighted by Crippen LogP contribution is 2.23. The van der Waals surface area contributed by atoms with Crippen molar-refractivity contribution in [3.63, 3.8) is 0 Å². The summed E-state index contributed by atoms with van der Waals surface area (Å²) in [6.45, 7) is 0.496. The van der Waals surface area contributed by atoms with Gasteiger partial charge in [0.2, 0.25) is 5.91 Å². The van der Waals surface area contributed by atoms with Gasteiger partial charge in [0.25, 0.3) is 0 Å². The first kappa shape index (κ1) is 10.5. The van der Waals surface area contributed by atoms with Crippen LogP contribution in [0.4, 0.5) is 0 Å². The minimum absolute atomic E-state index is 0.105. The van der Waals surface area contributed by atoms with E-state index in [1.54, 1.807) is 10.9 Å². The predicted octanol–water partition coefficient (Wildman–Crippen LogP) is 0.840. The molecule has 0 bridgehead atoms. The quantitative estimate of drug-likeness (QED) is 0.888. The average Bonchev–Trinajstić information content (AvgIpc) is 2.74. The van der Waals surface area contributed by atoms with Crippen LogP contribution < -0.4 is 10.1 Å². The van der Waals surface area contributed by atoms with Crippen LogP contribution in [0.25, 0.3) is 0 Å². The third-order valence-corrected chi connectivity index (χ3v) is 3.26. The molecule has 5 nitrogen and oxygen atoms in total. The number of aryl methyl sites for hydroxylation is 1. The van der Waals surface area contributed by atoms with E-state index in [0.717, 1.165) is 11.0 Å². The second kappa shape index (κ2) is 4.22. The summed E-state index contributed by atoms with van der Waals surface area (Å²) in [6, 6.07) is 0.129. The third-order valence-electron chi connectivity index (χ3n) is 2.36. The van der Waals surface area contributed by atoms with Gasteiger partial charge in [-0.2, -0.15) is 5.10 Å². The fourth-order valence-corrected chi connectivity index (χ4v) is 1.80. The molecule has 1 aromatic heterocycles. The Morgan fingerprint density at radius 2 is 2.60 bits per heavy atom. The molecule has 0 unspecified atom stereocenters. The lowest BCUT2D eigenvalue weighted by atomic mass is 10.2. The highest BCUT2D eigenvalue weighted by atomic mass is 79.9. The second-order valence-electron chi connectivity index (χ2n) is 3.54. The molecule has 2 heterocycles. The molecule has 15 heavy (non-hydrogen) atoms. The van der Waals surface area contributed by atoms with E-state index in [1.165, 1.54) is 0 Å². The monoisotopic (exact) mass is 273 g/mol. The Morgan fingerprint density at radius 3 is 3.13 bits per heavy atom. The van der Waals surface area contributed by atoms with Gasteiger partial charge < -0.3 is 10.1 Å². The number of carbonyl (C=O) groups is 1. The lowest BCUT2D eigenvalue weighted by Crippen LogP contribution is -2.30. The van der Waals surface area contributed by atoms with Crippen molar-refractivity contribution in [1.82, 2.24) is 15.1 Å². The van der Waals surface area contributed by atoms with Crippen molar-refractivity contribution in [3.05, 3.63) is 10.8 Å². The number of aromatic nitrogens is 2. The molecule has 1 aromatic rings. The highest BCUT2D eigenvalue weighted by Gasteiger charge is 2.21. The maximum atomic E-state index is 10.9. The van der Waals surface area contributed by atoms with Gasteiger partial charge >= 0.3 is 0 Å². The fourth-order valence-electron chi connectivity index (χ4n) is 1.49. The summed E-state index contributed by atoms with van der Waals surface area (Å²) in [4.78, 5) is 10.9. The van der Waals surface area contributed by atoms with Crippen LogP contribution in [0.3, 0.4) is 0 Å². The zero-order valence-electron chi connectivity index (χ0n) is 8.36. The first-order chi connectivity index (χ1) is 7.16. The Hall–Kier alpha value is -1.04. The van der Waals surface area contributed by atoms with E-state index < -0.39 is 0 Å². The van der Waals surface area contributed by atoms with Crippen LogP contribution in [-0.4, -0.2) is 28.3 Å². The number of nitrogens with zero attached hydrogens (tertiary/aromatic N) is 2. The number of halogens is 1. The number of rotatable bonds is 3. The van der Waals surface area contributed by atoms with Crippen molar-refractivity contribution in [2.24, 2.45) is 7.05 Å². The summed E-state index contributed by atoms with van der Waals surface area (Å²) >= 11 is 3.36. The number of carbonyl (C=O) groups excluding carboxylic acids is 1. The molecule has 1 atom stereocenters. The van der Waals surface area contributed by atoms with E-state index in [0.29, 0.717) is 18.8 Å². The molecule has 1 saturated heterocycles. The maximum Gasteiger partial charge on any atom is 0.220 e. The number of amides is 1. The Kier molecular flexibility index (Phi) is 2.95. The van der Waals surface area contributed by atoms with Gasteiger partial charge in [0.1, 0.15) is 11.2 Å². The molecule has 0 aromatic carbocycles. The lowest BCUT2D eigenvalue weighted by Gasteiger charge is -2.10. The summed E-state index contributed by atoms with van der Waals surface area (Å²) in [6.07, 6.45) is 3.10. The summed E-state index contributed by atoms with van der Waals surface area (Å²) in [5.41, 5.74) is 0. The molecule has 1 aliphatic heterocycles. The standard InChI is InChI=1S/C9H12BrN3O2/c1-13-9(10)7(4-11-13)15-5-6-2-3-8(14)12-6/h4,6H,2-3,5H2,1H3,(H,12,14)/t6-/m1/s1. The SMILES string of the molecule is Cn1ncc(OC[C@H]2CCC(=O)N2)c1Br. The Bertz CT molecular complexity index is 377. The average molecular weight is 274 g/mol. The Morgan fingerprint density at radius 1 is 1.80 bits per heavy atom. The molecule has 1 fully saturated rings. The summed E-state index contributed by atoms with van der Waals surface area (Å²) in [5, 5.41) is 6.88. The van der Waals surface area contributed by atoms with E-state index in [4.69, 9.17) is 4.74 Å². The van der Waals surface area contributed by atoms with Crippen LogP contribution in [0.5, 0.6) is 5.75 Å². The number of ether oxygens (including phenoxy) is 1. The highest BCUT2D eigenvalue weighted by molar-refractivity contribution is 9.10. The lowest BCUT2D eigenvalue weighted by molar-refractivity contribution is -0.119. The minimum Gasteiger partial charge on any atom is -0.487 e. The molecule has 6 heteroatoms. The zero-order chi connectivity index (χ0) is 10.8. The van der Waals surface area contributed by atoms with Crippen molar-refractivity contribution >= 4 is 21.8 Å². The molecule has 0 spiro atoms.